The third kappa shape index (κ3) is 2.55. The molecule has 0 bridgehead atoms. The summed E-state index contributed by atoms with van der Waals surface area (Å²) >= 11 is 0. The first-order valence-corrected chi connectivity index (χ1v) is 7.35. The van der Waals surface area contributed by atoms with Crippen LogP contribution in [-0.4, -0.2) is 33.1 Å². The number of aromatic amines is 2. The minimum absolute atomic E-state index is 0.179. The number of nitrogens with two attached hydrogens (primary N) is 1. The van der Waals surface area contributed by atoms with Crippen LogP contribution in [0.2, 0.25) is 0 Å². The van der Waals surface area contributed by atoms with Crippen LogP contribution in [0, 0.1) is 6.92 Å². The van der Waals surface area contributed by atoms with Gasteiger partial charge in [-0.3, -0.25) is 4.79 Å². The third-order valence-electron chi connectivity index (χ3n) is 3.65. The fourth-order valence-electron chi connectivity index (χ4n) is 2.62. The molecule has 2 heterocycles. The van der Waals surface area contributed by atoms with Gasteiger partial charge in [-0.25, -0.2) is 9.97 Å². The van der Waals surface area contributed by atoms with E-state index >= 15 is 0 Å². The summed E-state index contributed by atoms with van der Waals surface area (Å²) in [6, 6.07) is 1.86. The number of rotatable bonds is 5. The third-order valence-corrected chi connectivity index (χ3v) is 3.65. The molecule has 0 unspecified atom stereocenters. The second-order valence-electron chi connectivity index (χ2n) is 5.22. The zero-order chi connectivity index (χ0) is 15.7. The first kappa shape index (κ1) is 14.5. The molecule has 0 spiro atoms. The number of hydrogen-bond acceptors (Lipinski definition) is 5. The Morgan fingerprint density at radius 3 is 2.91 bits per heavy atom. The highest BCUT2D eigenvalue weighted by atomic mass is 16.5. The Kier molecular flexibility index (Phi) is 3.81. The van der Waals surface area contributed by atoms with Gasteiger partial charge >= 0.3 is 0 Å². The number of imidazole rings is 1. The number of hydrogen-bond donors (Lipinski definition) is 3. The second kappa shape index (κ2) is 5.76. The van der Waals surface area contributed by atoms with Crippen molar-refractivity contribution in [2.24, 2.45) is 0 Å². The molecule has 3 rings (SSSR count). The molecule has 0 atom stereocenters. The van der Waals surface area contributed by atoms with Crippen molar-refractivity contribution in [2.75, 3.05) is 18.9 Å². The molecule has 2 aromatic heterocycles. The molecule has 4 N–H and O–H groups in total. The van der Waals surface area contributed by atoms with E-state index in [1.165, 1.54) is 0 Å². The lowest BCUT2D eigenvalue weighted by Crippen LogP contribution is -2.13. The Bertz CT molecular complexity index is 881. The fraction of sp³-hybridized carbons (Fsp3) is 0.400. The molecule has 0 amide bonds. The molecule has 0 saturated carbocycles. The predicted octanol–water partition coefficient (Wildman–Crippen LogP) is 1.66. The molecule has 116 valence electrons. The van der Waals surface area contributed by atoms with Crippen molar-refractivity contribution in [1.82, 2.24) is 19.9 Å². The second-order valence-corrected chi connectivity index (χ2v) is 5.22. The highest BCUT2D eigenvalue weighted by Crippen LogP contribution is 2.26. The van der Waals surface area contributed by atoms with E-state index in [-0.39, 0.29) is 5.56 Å². The minimum atomic E-state index is -0.179. The molecule has 0 aliphatic heterocycles. The molecule has 7 nitrogen and oxygen atoms in total. The van der Waals surface area contributed by atoms with E-state index in [1.807, 2.05) is 13.0 Å². The first-order valence-electron chi connectivity index (χ1n) is 7.35. The molecule has 0 aliphatic rings. The quantitative estimate of drug-likeness (QED) is 0.621. The van der Waals surface area contributed by atoms with Crippen molar-refractivity contribution >= 4 is 28.0 Å². The van der Waals surface area contributed by atoms with E-state index in [0.717, 1.165) is 40.5 Å². The van der Waals surface area contributed by atoms with Gasteiger partial charge in [0.05, 0.1) is 22.1 Å². The zero-order valence-corrected chi connectivity index (χ0v) is 12.7. The summed E-state index contributed by atoms with van der Waals surface area (Å²) < 4.78 is 5.39. The van der Waals surface area contributed by atoms with Gasteiger partial charge in [0.25, 0.3) is 5.56 Å². The summed E-state index contributed by atoms with van der Waals surface area (Å²) in [5, 5.41) is 0. The average molecular weight is 301 g/mol. The summed E-state index contributed by atoms with van der Waals surface area (Å²) in [4.78, 5) is 26.6. The van der Waals surface area contributed by atoms with Crippen LogP contribution in [0.3, 0.4) is 0 Å². The standard InChI is InChI=1S/C15H19N5O2/c1-3-22-6-4-5-9-12-10(17-8(2)14(21)19-12)7-11-13(9)20-15(16)18-11/h7H,3-6H2,1-2H3,(H,19,21)(H3,16,18,20). The lowest BCUT2D eigenvalue weighted by molar-refractivity contribution is 0.145. The fourth-order valence-corrected chi connectivity index (χ4v) is 2.62. The van der Waals surface area contributed by atoms with Gasteiger partial charge in [-0.2, -0.15) is 0 Å². The highest BCUT2D eigenvalue weighted by molar-refractivity contribution is 5.96. The Balaban J connectivity index is 2.17. The van der Waals surface area contributed by atoms with E-state index in [4.69, 9.17) is 10.5 Å². The van der Waals surface area contributed by atoms with Gasteiger partial charge in [0.15, 0.2) is 5.95 Å². The van der Waals surface area contributed by atoms with Crippen LogP contribution in [0.15, 0.2) is 10.9 Å². The molecule has 0 radical (unpaired) electrons. The molecular weight excluding hydrogens is 282 g/mol. The van der Waals surface area contributed by atoms with E-state index in [0.29, 0.717) is 24.9 Å². The average Bonchev–Trinajstić information content (AvgIpc) is 2.84. The minimum Gasteiger partial charge on any atom is -0.382 e. The number of aromatic nitrogens is 4. The number of anilines is 1. The number of nitrogens with zero attached hydrogens (tertiary/aromatic N) is 2. The van der Waals surface area contributed by atoms with Crippen LogP contribution in [-0.2, 0) is 11.2 Å². The number of nitrogens with one attached hydrogen (secondary N) is 2. The maximum Gasteiger partial charge on any atom is 0.269 e. The van der Waals surface area contributed by atoms with E-state index < -0.39 is 0 Å². The largest absolute Gasteiger partial charge is 0.382 e. The Hall–Kier alpha value is -2.41. The zero-order valence-electron chi connectivity index (χ0n) is 12.7. The normalized spacial score (nSPS) is 11.5. The first-order chi connectivity index (χ1) is 10.6. The lowest BCUT2D eigenvalue weighted by Gasteiger charge is -2.08. The molecule has 22 heavy (non-hydrogen) atoms. The van der Waals surface area contributed by atoms with Crippen molar-refractivity contribution in [3.8, 4) is 0 Å². The molecule has 1 aromatic carbocycles. The van der Waals surface area contributed by atoms with Gasteiger partial charge in [0.1, 0.15) is 5.69 Å². The van der Waals surface area contributed by atoms with Crippen LogP contribution < -0.4 is 11.3 Å². The van der Waals surface area contributed by atoms with E-state index in [9.17, 15) is 4.79 Å². The number of fused-ring (bicyclic) bond motifs is 2. The molecule has 0 aliphatic carbocycles. The van der Waals surface area contributed by atoms with Crippen molar-refractivity contribution < 1.29 is 4.74 Å². The lowest BCUT2D eigenvalue weighted by atomic mass is 10.1. The number of aryl methyl sites for hydroxylation is 2. The van der Waals surface area contributed by atoms with Gasteiger partial charge in [-0.05, 0) is 32.8 Å². The Morgan fingerprint density at radius 2 is 2.14 bits per heavy atom. The van der Waals surface area contributed by atoms with Crippen molar-refractivity contribution in [3.63, 3.8) is 0 Å². The maximum absolute atomic E-state index is 11.9. The van der Waals surface area contributed by atoms with Crippen LogP contribution >= 0.6 is 0 Å². The molecule has 0 fully saturated rings. The van der Waals surface area contributed by atoms with Gasteiger partial charge in [0.2, 0.25) is 0 Å². The van der Waals surface area contributed by atoms with Crippen LogP contribution in [0.1, 0.15) is 24.6 Å². The molecule has 7 heteroatoms. The van der Waals surface area contributed by atoms with Crippen molar-refractivity contribution in [3.05, 3.63) is 27.7 Å². The van der Waals surface area contributed by atoms with Crippen LogP contribution in [0.4, 0.5) is 5.95 Å². The summed E-state index contributed by atoms with van der Waals surface area (Å²) in [5.41, 5.74) is 10.1. The number of nitrogen functional groups attached to an aromatic ring is 1. The number of ether oxygens (including phenoxy) is 1. The topological polar surface area (TPSA) is 110 Å². The summed E-state index contributed by atoms with van der Waals surface area (Å²) in [6.45, 7) is 5.02. The maximum atomic E-state index is 11.9. The Labute approximate surface area is 126 Å². The molecular formula is C15H19N5O2. The molecule has 3 aromatic rings. The van der Waals surface area contributed by atoms with Gasteiger partial charge in [-0.1, -0.05) is 0 Å². The summed E-state index contributed by atoms with van der Waals surface area (Å²) in [6.07, 6.45) is 1.57. The SMILES string of the molecule is CCOCCCc1c2nc(N)[nH]c2cc2nc(C)c(=O)[nH]c12. The van der Waals surface area contributed by atoms with Crippen LogP contribution in [0.5, 0.6) is 0 Å². The van der Waals surface area contributed by atoms with Crippen molar-refractivity contribution in [1.29, 1.82) is 0 Å². The molecule has 0 saturated heterocycles. The monoisotopic (exact) mass is 301 g/mol. The Morgan fingerprint density at radius 1 is 1.32 bits per heavy atom. The van der Waals surface area contributed by atoms with Crippen LogP contribution in [0.25, 0.3) is 22.1 Å². The van der Waals surface area contributed by atoms with E-state index in [2.05, 4.69) is 19.9 Å². The summed E-state index contributed by atoms with van der Waals surface area (Å²) in [7, 11) is 0. The van der Waals surface area contributed by atoms with Crippen molar-refractivity contribution in [2.45, 2.75) is 26.7 Å². The number of H-pyrrole nitrogens is 2. The summed E-state index contributed by atoms with van der Waals surface area (Å²) in [5.74, 6) is 0.357. The highest BCUT2D eigenvalue weighted by Gasteiger charge is 2.14. The van der Waals surface area contributed by atoms with Gasteiger partial charge < -0.3 is 20.4 Å². The van der Waals surface area contributed by atoms with Gasteiger partial charge in [0, 0.05) is 18.8 Å². The number of benzene rings is 1. The smallest absolute Gasteiger partial charge is 0.269 e. The van der Waals surface area contributed by atoms with Gasteiger partial charge in [-0.15, -0.1) is 0 Å². The predicted molar refractivity (Wildman–Crippen MR) is 86.0 cm³/mol. The van der Waals surface area contributed by atoms with E-state index in [1.54, 1.807) is 6.92 Å².